The molecule has 0 unspecified atom stereocenters. The van der Waals surface area contributed by atoms with Gasteiger partial charge in [0.2, 0.25) is 0 Å². The molecule has 0 aromatic heterocycles. The molecular weight excluding hydrogens is 312 g/mol. The predicted octanol–water partition coefficient (Wildman–Crippen LogP) is 7.61. The molecule has 0 amide bonds. The monoisotopic (exact) mass is 358 g/mol. The standard InChI is InChI=1S/C21H46O2Si/c1-5-9-11-13-14-15-16-17-19-21-23-24(7-3,8-4)22-20-18-12-10-6-2/h5-21H2,1-4H3. The molecule has 0 aliphatic heterocycles. The second-order valence-electron chi connectivity index (χ2n) is 7.20. The lowest BCUT2D eigenvalue weighted by atomic mass is 10.1. The Morgan fingerprint density at radius 2 is 0.792 bits per heavy atom. The van der Waals surface area contributed by atoms with Crippen LogP contribution < -0.4 is 0 Å². The number of rotatable bonds is 19. The van der Waals surface area contributed by atoms with Crippen molar-refractivity contribution in [2.75, 3.05) is 13.2 Å². The van der Waals surface area contributed by atoms with E-state index in [1.54, 1.807) is 0 Å². The van der Waals surface area contributed by atoms with Gasteiger partial charge >= 0.3 is 8.56 Å². The fourth-order valence-electron chi connectivity index (χ4n) is 3.16. The first kappa shape index (κ1) is 24.1. The van der Waals surface area contributed by atoms with Gasteiger partial charge in [0.05, 0.1) is 0 Å². The van der Waals surface area contributed by atoms with Gasteiger partial charge in [0, 0.05) is 13.2 Å². The smallest absolute Gasteiger partial charge is 0.337 e. The minimum absolute atomic E-state index is 0.908. The average molecular weight is 359 g/mol. The van der Waals surface area contributed by atoms with Crippen molar-refractivity contribution in [3.63, 3.8) is 0 Å². The Labute approximate surface area is 154 Å². The van der Waals surface area contributed by atoms with Gasteiger partial charge in [0.25, 0.3) is 0 Å². The summed E-state index contributed by atoms with van der Waals surface area (Å²) in [7, 11) is -1.89. The highest BCUT2D eigenvalue weighted by molar-refractivity contribution is 6.67. The van der Waals surface area contributed by atoms with Crippen molar-refractivity contribution in [3.05, 3.63) is 0 Å². The zero-order valence-corrected chi connectivity index (χ0v) is 18.3. The molecule has 0 saturated heterocycles. The zero-order chi connectivity index (χ0) is 17.9. The molecule has 3 heteroatoms. The summed E-state index contributed by atoms with van der Waals surface area (Å²) in [5.41, 5.74) is 0. The average Bonchev–Trinajstić information content (AvgIpc) is 2.61. The van der Waals surface area contributed by atoms with Crippen molar-refractivity contribution < 1.29 is 8.85 Å². The summed E-state index contributed by atoms with van der Waals surface area (Å²) >= 11 is 0. The minimum atomic E-state index is -1.89. The summed E-state index contributed by atoms with van der Waals surface area (Å²) in [5, 5.41) is 0. The highest BCUT2D eigenvalue weighted by Crippen LogP contribution is 2.20. The van der Waals surface area contributed by atoms with Gasteiger partial charge in [-0.3, -0.25) is 0 Å². The Bertz CT molecular complexity index is 242. The van der Waals surface area contributed by atoms with Crippen LogP contribution in [0.5, 0.6) is 0 Å². The van der Waals surface area contributed by atoms with Gasteiger partial charge in [-0.25, -0.2) is 0 Å². The van der Waals surface area contributed by atoms with Crippen molar-refractivity contribution in [1.29, 1.82) is 0 Å². The molecule has 0 atom stereocenters. The van der Waals surface area contributed by atoms with E-state index in [9.17, 15) is 0 Å². The van der Waals surface area contributed by atoms with Gasteiger partial charge in [-0.1, -0.05) is 98.3 Å². The molecule has 24 heavy (non-hydrogen) atoms. The first-order valence-electron chi connectivity index (χ1n) is 11.0. The maximum atomic E-state index is 6.31. The Morgan fingerprint density at radius 3 is 1.17 bits per heavy atom. The number of hydrogen-bond donors (Lipinski definition) is 0. The van der Waals surface area contributed by atoms with Gasteiger partial charge in [-0.05, 0) is 24.9 Å². The number of unbranched alkanes of at least 4 members (excludes halogenated alkanes) is 11. The topological polar surface area (TPSA) is 18.5 Å². The van der Waals surface area contributed by atoms with Crippen LogP contribution in [0.1, 0.15) is 111 Å². The molecule has 0 fully saturated rings. The van der Waals surface area contributed by atoms with Crippen LogP contribution in [0, 0.1) is 0 Å². The molecule has 0 aromatic rings. The lowest BCUT2D eigenvalue weighted by Gasteiger charge is -2.29. The van der Waals surface area contributed by atoms with Crippen LogP contribution in [0.3, 0.4) is 0 Å². The highest BCUT2D eigenvalue weighted by Gasteiger charge is 2.33. The van der Waals surface area contributed by atoms with E-state index in [1.807, 2.05) is 0 Å². The second-order valence-corrected chi connectivity index (χ2v) is 11.0. The maximum absolute atomic E-state index is 6.31. The first-order chi connectivity index (χ1) is 11.7. The van der Waals surface area contributed by atoms with Gasteiger partial charge in [0.15, 0.2) is 0 Å². The van der Waals surface area contributed by atoms with Gasteiger partial charge in [-0.15, -0.1) is 0 Å². The Balaban J connectivity index is 3.65. The normalized spacial score (nSPS) is 12.0. The van der Waals surface area contributed by atoms with Crippen molar-refractivity contribution in [2.24, 2.45) is 0 Å². The summed E-state index contributed by atoms with van der Waals surface area (Å²) in [6, 6.07) is 2.18. The lowest BCUT2D eigenvalue weighted by Crippen LogP contribution is -2.41. The van der Waals surface area contributed by atoms with Gasteiger partial charge in [-0.2, -0.15) is 0 Å². The molecule has 0 rings (SSSR count). The summed E-state index contributed by atoms with van der Waals surface area (Å²) in [5.74, 6) is 0. The van der Waals surface area contributed by atoms with E-state index in [2.05, 4.69) is 27.7 Å². The van der Waals surface area contributed by atoms with E-state index >= 15 is 0 Å². The van der Waals surface area contributed by atoms with E-state index in [0.717, 1.165) is 25.3 Å². The largest absolute Gasteiger partial charge is 0.394 e. The molecule has 0 saturated carbocycles. The highest BCUT2D eigenvalue weighted by atomic mass is 28.4. The van der Waals surface area contributed by atoms with E-state index in [4.69, 9.17) is 8.85 Å². The van der Waals surface area contributed by atoms with E-state index in [-0.39, 0.29) is 0 Å². The molecule has 0 aliphatic rings. The number of hydrogen-bond acceptors (Lipinski definition) is 2. The maximum Gasteiger partial charge on any atom is 0.337 e. The van der Waals surface area contributed by atoms with Crippen molar-refractivity contribution >= 4 is 8.56 Å². The van der Waals surface area contributed by atoms with Crippen LogP contribution in [-0.4, -0.2) is 21.8 Å². The molecule has 0 N–H and O–H groups in total. The predicted molar refractivity (Wildman–Crippen MR) is 110 cm³/mol. The quantitative estimate of drug-likeness (QED) is 0.175. The fourth-order valence-corrected chi connectivity index (χ4v) is 5.59. The summed E-state index contributed by atoms with van der Waals surface area (Å²) in [6.07, 6.45) is 17.5. The van der Waals surface area contributed by atoms with Gasteiger partial charge < -0.3 is 8.85 Å². The lowest BCUT2D eigenvalue weighted by molar-refractivity contribution is 0.163. The third-order valence-corrected chi connectivity index (χ3v) is 8.67. The molecule has 0 aromatic carbocycles. The molecule has 0 heterocycles. The van der Waals surface area contributed by atoms with Crippen LogP contribution in [-0.2, 0) is 8.85 Å². The molecule has 2 nitrogen and oxygen atoms in total. The summed E-state index contributed by atoms with van der Waals surface area (Å²) in [4.78, 5) is 0. The van der Waals surface area contributed by atoms with Crippen molar-refractivity contribution in [1.82, 2.24) is 0 Å². The minimum Gasteiger partial charge on any atom is -0.394 e. The summed E-state index contributed by atoms with van der Waals surface area (Å²) < 4.78 is 12.6. The second kappa shape index (κ2) is 17.9. The molecule has 146 valence electrons. The van der Waals surface area contributed by atoms with Crippen LogP contribution in [0.4, 0.5) is 0 Å². The van der Waals surface area contributed by atoms with Crippen LogP contribution in [0.2, 0.25) is 12.1 Å². The van der Waals surface area contributed by atoms with Crippen LogP contribution in [0.15, 0.2) is 0 Å². The summed E-state index contributed by atoms with van der Waals surface area (Å²) in [6.45, 7) is 10.9. The Kier molecular flexibility index (Phi) is 18.0. The third kappa shape index (κ3) is 13.4. The SMILES string of the molecule is CCCCCCCCCCCO[Si](CC)(CC)OCCCCCC. The molecular formula is C21H46O2Si. The van der Waals surface area contributed by atoms with E-state index in [0.29, 0.717) is 0 Å². The molecule has 0 aliphatic carbocycles. The van der Waals surface area contributed by atoms with E-state index in [1.165, 1.54) is 83.5 Å². The van der Waals surface area contributed by atoms with E-state index < -0.39 is 8.56 Å². The molecule has 0 spiro atoms. The first-order valence-corrected chi connectivity index (χ1v) is 13.3. The fraction of sp³-hybridized carbons (Fsp3) is 1.00. The molecule has 0 radical (unpaired) electrons. The molecule has 0 bridgehead atoms. The van der Waals surface area contributed by atoms with Crippen LogP contribution in [0.25, 0.3) is 0 Å². The van der Waals surface area contributed by atoms with Crippen LogP contribution >= 0.6 is 0 Å². The van der Waals surface area contributed by atoms with Gasteiger partial charge in [0.1, 0.15) is 0 Å². The van der Waals surface area contributed by atoms with Crippen molar-refractivity contribution in [2.45, 2.75) is 123 Å². The van der Waals surface area contributed by atoms with Crippen molar-refractivity contribution in [3.8, 4) is 0 Å². The Morgan fingerprint density at radius 1 is 0.458 bits per heavy atom. The Hall–Kier alpha value is 0.137. The third-order valence-electron chi connectivity index (χ3n) is 5.05. The zero-order valence-electron chi connectivity index (χ0n) is 17.3.